The Morgan fingerprint density at radius 3 is 2.50 bits per heavy atom. The lowest BCUT2D eigenvalue weighted by Gasteiger charge is -2.36. The molecule has 0 spiro atoms. The monoisotopic (exact) mass is 379 g/mol. The molecular weight excluding hydrogens is 350 g/mol. The highest BCUT2D eigenvalue weighted by Gasteiger charge is 2.24. The van der Waals surface area contributed by atoms with E-state index in [4.69, 9.17) is 4.74 Å². The maximum absolute atomic E-state index is 12.6. The van der Waals surface area contributed by atoms with Crippen LogP contribution in [0, 0.1) is 0 Å². The van der Waals surface area contributed by atoms with Crippen LogP contribution in [0.5, 0.6) is 5.75 Å². The van der Waals surface area contributed by atoms with E-state index in [2.05, 4.69) is 22.0 Å². The molecule has 1 aromatic carbocycles. The molecule has 148 valence electrons. The highest BCUT2D eigenvalue weighted by Crippen LogP contribution is 2.18. The summed E-state index contributed by atoms with van der Waals surface area (Å²) in [6.45, 7) is 5.58. The number of ether oxygens (including phenoxy) is 1. The molecule has 0 aliphatic carbocycles. The molecule has 0 saturated carbocycles. The molecule has 5 heteroatoms. The molecule has 2 heterocycles. The number of rotatable bonds is 7. The normalized spacial score (nSPS) is 15.6. The minimum Gasteiger partial charge on any atom is -0.494 e. The van der Waals surface area contributed by atoms with Gasteiger partial charge in [-0.15, -0.1) is 0 Å². The van der Waals surface area contributed by atoms with E-state index in [1.807, 2.05) is 61.6 Å². The lowest BCUT2D eigenvalue weighted by Crippen LogP contribution is -2.44. The fourth-order valence-electron chi connectivity index (χ4n) is 3.52. The molecule has 1 aliphatic heterocycles. The predicted octanol–water partition coefficient (Wildman–Crippen LogP) is 3.62. The minimum absolute atomic E-state index is 0.0569. The molecule has 0 atom stereocenters. The summed E-state index contributed by atoms with van der Waals surface area (Å²) in [5, 5.41) is 0. The van der Waals surface area contributed by atoms with Gasteiger partial charge in [0.25, 0.3) is 0 Å². The number of likely N-dealkylation sites (tertiary alicyclic amines) is 1. The fraction of sp³-hybridized carbons (Fsp3) is 0.391. The van der Waals surface area contributed by atoms with Crippen molar-refractivity contribution in [3.05, 3.63) is 66.0 Å². The summed E-state index contributed by atoms with van der Waals surface area (Å²) in [7, 11) is 1.91. The second kappa shape index (κ2) is 10.0. The zero-order chi connectivity index (χ0) is 19.8. The Morgan fingerprint density at radius 2 is 1.86 bits per heavy atom. The van der Waals surface area contributed by atoms with E-state index in [1.54, 1.807) is 6.08 Å². The van der Waals surface area contributed by atoms with Gasteiger partial charge in [-0.2, -0.15) is 0 Å². The van der Waals surface area contributed by atoms with Crippen molar-refractivity contribution in [3.63, 3.8) is 0 Å². The predicted molar refractivity (Wildman–Crippen MR) is 112 cm³/mol. The second-order valence-corrected chi connectivity index (χ2v) is 7.15. The summed E-state index contributed by atoms with van der Waals surface area (Å²) in [5.74, 6) is 0.906. The Balaban J connectivity index is 1.47. The quantitative estimate of drug-likeness (QED) is 0.690. The Morgan fingerprint density at radius 1 is 1.18 bits per heavy atom. The number of hydrogen-bond acceptors (Lipinski definition) is 4. The van der Waals surface area contributed by atoms with Crippen LogP contribution in [0.3, 0.4) is 0 Å². The molecular formula is C23H29N3O2. The van der Waals surface area contributed by atoms with Crippen LogP contribution in [0.2, 0.25) is 0 Å². The van der Waals surface area contributed by atoms with E-state index in [0.717, 1.165) is 43.8 Å². The molecule has 5 nitrogen and oxygen atoms in total. The largest absolute Gasteiger partial charge is 0.494 e. The van der Waals surface area contributed by atoms with Gasteiger partial charge < -0.3 is 9.64 Å². The molecule has 1 fully saturated rings. The van der Waals surface area contributed by atoms with Crippen molar-refractivity contribution in [2.75, 3.05) is 26.7 Å². The van der Waals surface area contributed by atoms with E-state index in [1.165, 1.54) is 5.56 Å². The SMILES string of the molecule is CCOc1ccc(C=CC(=O)N(C)C2CCN(Cc3ccncc3)CC2)cc1. The topological polar surface area (TPSA) is 45.7 Å². The van der Waals surface area contributed by atoms with Gasteiger partial charge in [0.2, 0.25) is 5.91 Å². The van der Waals surface area contributed by atoms with Crippen molar-refractivity contribution in [2.45, 2.75) is 32.4 Å². The number of carbonyl (C=O) groups excluding carboxylic acids is 1. The maximum Gasteiger partial charge on any atom is 0.246 e. The number of likely N-dealkylation sites (N-methyl/N-ethyl adjacent to an activating group) is 1. The number of nitrogens with zero attached hydrogens (tertiary/aromatic N) is 3. The van der Waals surface area contributed by atoms with Crippen LogP contribution in [0.25, 0.3) is 6.08 Å². The number of piperidine rings is 1. The number of hydrogen-bond donors (Lipinski definition) is 0. The third-order valence-electron chi connectivity index (χ3n) is 5.22. The molecule has 0 unspecified atom stereocenters. The summed E-state index contributed by atoms with van der Waals surface area (Å²) in [4.78, 5) is 20.9. The van der Waals surface area contributed by atoms with Gasteiger partial charge in [-0.05, 0) is 61.2 Å². The number of benzene rings is 1. The second-order valence-electron chi connectivity index (χ2n) is 7.15. The first-order valence-corrected chi connectivity index (χ1v) is 9.94. The number of aromatic nitrogens is 1. The molecule has 1 amide bonds. The van der Waals surface area contributed by atoms with Crippen molar-refractivity contribution in [1.82, 2.24) is 14.8 Å². The van der Waals surface area contributed by atoms with Crippen LogP contribution in [0.4, 0.5) is 0 Å². The molecule has 3 rings (SSSR count). The third-order valence-corrected chi connectivity index (χ3v) is 5.22. The molecule has 1 aromatic heterocycles. The van der Waals surface area contributed by atoms with Gasteiger partial charge in [0.1, 0.15) is 5.75 Å². The van der Waals surface area contributed by atoms with Crippen LogP contribution in [0.15, 0.2) is 54.9 Å². The highest BCUT2D eigenvalue weighted by molar-refractivity contribution is 5.91. The van der Waals surface area contributed by atoms with E-state index in [9.17, 15) is 4.79 Å². The van der Waals surface area contributed by atoms with Crippen LogP contribution < -0.4 is 4.74 Å². The van der Waals surface area contributed by atoms with Crippen molar-refractivity contribution >= 4 is 12.0 Å². The summed E-state index contributed by atoms with van der Waals surface area (Å²) < 4.78 is 5.44. The molecule has 0 radical (unpaired) electrons. The molecule has 1 saturated heterocycles. The minimum atomic E-state index is 0.0569. The average molecular weight is 380 g/mol. The van der Waals surface area contributed by atoms with Gasteiger partial charge in [0.15, 0.2) is 0 Å². The van der Waals surface area contributed by atoms with E-state index in [0.29, 0.717) is 12.6 Å². The summed E-state index contributed by atoms with van der Waals surface area (Å²) in [6.07, 6.45) is 9.22. The molecule has 1 aliphatic rings. The molecule has 0 bridgehead atoms. The van der Waals surface area contributed by atoms with Crippen LogP contribution in [-0.2, 0) is 11.3 Å². The first kappa shape index (κ1) is 20.1. The number of amides is 1. The number of carbonyl (C=O) groups is 1. The van der Waals surface area contributed by atoms with Gasteiger partial charge in [-0.1, -0.05) is 12.1 Å². The van der Waals surface area contributed by atoms with Crippen molar-refractivity contribution < 1.29 is 9.53 Å². The molecule has 28 heavy (non-hydrogen) atoms. The van der Waals surface area contributed by atoms with Gasteiger partial charge in [-0.25, -0.2) is 0 Å². The molecule has 2 aromatic rings. The highest BCUT2D eigenvalue weighted by atomic mass is 16.5. The fourth-order valence-corrected chi connectivity index (χ4v) is 3.52. The van der Waals surface area contributed by atoms with Gasteiger partial charge in [0.05, 0.1) is 6.61 Å². The van der Waals surface area contributed by atoms with Crippen molar-refractivity contribution in [2.24, 2.45) is 0 Å². The first-order valence-electron chi connectivity index (χ1n) is 9.94. The Hall–Kier alpha value is -2.66. The zero-order valence-electron chi connectivity index (χ0n) is 16.8. The van der Waals surface area contributed by atoms with E-state index < -0.39 is 0 Å². The van der Waals surface area contributed by atoms with Crippen molar-refractivity contribution in [3.8, 4) is 5.75 Å². The lowest BCUT2D eigenvalue weighted by molar-refractivity contribution is -0.127. The van der Waals surface area contributed by atoms with Gasteiger partial charge >= 0.3 is 0 Å². The Labute approximate surface area is 167 Å². The third kappa shape index (κ3) is 5.67. The van der Waals surface area contributed by atoms with Crippen LogP contribution >= 0.6 is 0 Å². The summed E-state index contributed by atoms with van der Waals surface area (Å²) in [6, 6.07) is 12.2. The first-order chi connectivity index (χ1) is 13.7. The van der Waals surface area contributed by atoms with Gasteiger partial charge in [0, 0.05) is 51.2 Å². The van der Waals surface area contributed by atoms with Crippen LogP contribution in [-0.4, -0.2) is 53.5 Å². The Kier molecular flexibility index (Phi) is 7.20. The Bertz CT molecular complexity index is 766. The smallest absolute Gasteiger partial charge is 0.246 e. The molecule has 0 N–H and O–H groups in total. The average Bonchev–Trinajstić information content (AvgIpc) is 2.74. The van der Waals surface area contributed by atoms with Gasteiger partial charge in [-0.3, -0.25) is 14.7 Å². The maximum atomic E-state index is 12.6. The van der Waals surface area contributed by atoms with E-state index >= 15 is 0 Å². The zero-order valence-corrected chi connectivity index (χ0v) is 16.8. The standard InChI is InChI=1S/C23H29N3O2/c1-3-28-22-7-4-19(5-8-22)6-9-23(27)25(2)21-12-16-26(17-13-21)18-20-10-14-24-15-11-20/h4-11,14-15,21H,3,12-13,16-18H2,1-2H3. The number of pyridine rings is 1. The summed E-state index contributed by atoms with van der Waals surface area (Å²) >= 11 is 0. The summed E-state index contributed by atoms with van der Waals surface area (Å²) in [5.41, 5.74) is 2.29. The van der Waals surface area contributed by atoms with Crippen molar-refractivity contribution in [1.29, 1.82) is 0 Å². The van der Waals surface area contributed by atoms with E-state index in [-0.39, 0.29) is 5.91 Å². The van der Waals surface area contributed by atoms with Crippen LogP contribution in [0.1, 0.15) is 30.9 Å². The lowest BCUT2D eigenvalue weighted by atomic mass is 10.0.